The lowest BCUT2D eigenvalue weighted by Gasteiger charge is -2.11. The first-order valence-electron chi connectivity index (χ1n) is 9.29. The number of allylic oxidation sites excluding steroid dienone is 1. The van der Waals surface area contributed by atoms with E-state index in [-0.39, 0.29) is 18.3 Å². The SMILES string of the molecule is C=CCc1ccc(OCC(=O)Nc2nc(-c3ccccc3)c(C(C)=O)s2)c(OC)c1. The number of benzene rings is 2. The third-order valence-electron chi connectivity index (χ3n) is 4.21. The maximum Gasteiger partial charge on any atom is 0.264 e. The zero-order valence-corrected chi connectivity index (χ0v) is 17.6. The third kappa shape index (κ3) is 5.12. The number of ketones is 1. The van der Waals surface area contributed by atoms with E-state index in [4.69, 9.17) is 9.47 Å². The number of carbonyl (C=O) groups excluding carboxylic acids is 2. The molecule has 1 aromatic heterocycles. The number of hydrogen-bond acceptors (Lipinski definition) is 6. The van der Waals surface area contributed by atoms with Gasteiger partial charge in [0.25, 0.3) is 5.91 Å². The molecule has 7 heteroatoms. The summed E-state index contributed by atoms with van der Waals surface area (Å²) in [4.78, 5) is 29.3. The number of nitrogens with zero attached hydrogens (tertiary/aromatic N) is 1. The van der Waals surface area contributed by atoms with Crippen LogP contribution in [0.5, 0.6) is 11.5 Å². The van der Waals surface area contributed by atoms with Crippen LogP contribution in [0.2, 0.25) is 0 Å². The Hall–Kier alpha value is -3.45. The Morgan fingerprint density at radius 3 is 2.60 bits per heavy atom. The number of ether oxygens (including phenoxy) is 2. The van der Waals surface area contributed by atoms with Crippen molar-refractivity contribution in [3.05, 3.63) is 71.6 Å². The van der Waals surface area contributed by atoms with Gasteiger partial charge in [-0.05, 0) is 24.1 Å². The van der Waals surface area contributed by atoms with Crippen LogP contribution in [0.15, 0.2) is 61.2 Å². The number of nitrogens with one attached hydrogen (secondary N) is 1. The molecule has 0 saturated heterocycles. The molecule has 1 N–H and O–H groups in total. The number of carbonyl (C=O) groups is 2. The van der Waals surface area contributed by atoms with Crippen molar-refractivity contribution in [3.63, 3.8) is 0 Å². The van der Waals surface area contributed by atoms with Gasteiger partial charge in [-0.3, -0.25) is 14.9 Å². The number of anilines is 1. The van der Waals surface area contributed by atoms with Crippen LogP contribution in [0.25, 0.3) is 11.3 Å². The zero-order valence-electron chi connectivity index (χ0n) is 16.8. The minimum atomic E-state index is -0.379. The van der Waals surface area contributed by atoms with Gasteiger partial charge in [-0.2, -0.15) is 0 Å². The molecule has 1 amide bonds. The summed E-state index contributed by atoms with van der Waals surface area (Å²) in [5.74, 6) is 0.527. The van der Waals surface area contributed by atoms with Gasteiger partial charge in [-0.15, -0.1) is 6.58 Å². The first-order chi connectivity index (χ1) is 14.5. The molecule has 0 aliphatic carbocycles. The Morgan fingerprint density at radius 2 is 1.93 bits per heavy atom. The summed E-state index contributed by atoms with van der Waals surface area (Å²) < 4.78 is 10.9. The monoisotopic (exact) mass is 422 g/mol. The molecule has 0 radical (unpaired) electrons. The summed E-state index contributed by atoms with van der Waals surface area (Å²) in [5, 5.41) is 3.05. The first-order valence-corrected chi connectivity index (χ1v) is 10.1. The highest BCUT2D eigenvalue weighted by molar-refractivity contribution is 7.18. The second-order valence-electron chi connectivity index (χ2n) is 6.43. The van der Waals surface area contributed by atoms with Crippen molar-refractivity contribution in [3.8, 4) is 22.8 Å². The van der Waals surface area contributed by atoms with Gasteiger partial charge in [0, 0.05) is 12.5 Å². The number of thiazole rings is 1. The summed E-state index contributed by atoms with van der Waals surface area (Å²) in [5.41, 5.74) is 2.41. The predicted molar refractivity (Wildman–Crippen MR) is 119 cm³/mol. The number of rotatable bonds is 9. The smallest absolute Gasteiger partial charge is 0.264 e. The summed E-state index contributed by atoms with van der Waals surface area (Å²) in [6.07, 6.45) is 2.51. The van der Waals surface area contributed by atoms with Gasteiger partial charge in [0.05, 0.1) is 17.7 Å². The van der Waals surface area contributed by atoms with Crippen LogP contribution in [0, 0.1) is 0 Å². The molecule has 154 valence electrons. The molecule has 0 unspecified atom stereocenters. The molecule has 6 nitrogen and oxygen atoms in total. The normalized spacial score (nSPS) is 10.3. The van der Waals surface area contributed by atoms with E-state index in [1.54, 1.807) is 19.3 Å². The summed E-state index contributed by atoms with van der Waals surface area (Å²) >= 11 is 1.15. The van der Waals surface area contributed by atoms with Crippen LogP contribution < -0.4 is 14.8 Å². The molecule has 1 heterocycles. The van der Waals surface area contributed by atoms with Crippen molar-refractivity contribution in [2.24, 2.45) is 0 Å². The minimum absolute atomic E-state index is 0.104. The Labute approximate surface area is 179 Å². The quantitative estimate of drug-likeness (QED) is 0.397. The summed E-state index contributed by atoms with van der Waals surface area (Å²) in [7, 11) is 1.55. The number of amides is 1. The molecule has 0 aliphatic rings. The van der Waals surface area contributed by atoms with Crippen LogP contribution in [0.1, 0.15) is 22.2 Å². The Balaban J connectivity index is 1.70. The molecule has 30 heavy (non-hydrogen) atoms. The Bertz CT molecular complexity index is 1060. The molecule has 0 aliphatic heterocycles. The van der Waals surface area contributed by atoms with Gasteiger partial charge in [0.1, 0.15) is 0 Å². The second kappa shape index (κ2) is 9.84. The molecule has 0 fully saturated rings. The third-order valence-corrected chi connectivity index (χ3v) is 5.28. The first kappa shape index (κ1) is 21.3. The topological polar surface area (TPSA) is 77.5 Å². The fourth-order valence-corrected chi connectivity index (χ4v) is 3.73. The zero-order chi connectivity index (χ0) is 21.5. The van der Waals surface area contributed by atoms with Crippen molar-refractivity contribution in [1.29, 1.82) is 0 Å². The van der Waals surface area contributed by atoms with Crippen LogP contribution in [-0.2, 0) is 11.2 Å². The largest absolute Gasteiger partial charge is 0.493 e. The number of methoxy groups -OCH3 is 1. The average Bonchev–Trinajstić information content (AvgIpc) is 3.17. The van der Waals surface area contributed by atoms with Crippen LogP contribution >= 0.6 is 11.3 Å². The molecule has 0 atom stereocenters. The molecular weight excluding hydrogens is 400 g/mol. The lowest BCUT2D eigenvalue weighted by molar-refractivity contribution is -0.118. The van der Waals surface area contributed by atoms with Crippen molar-refractivity contribution >= 4 is 28.2 Å². The highest BCUT2D eigenvalue weighted by Gasteiger charge is 2.18. The summed E-state index contributed by atoms with van der Waals surface area (Å²) in [6.45, 7) is 4.99. The van der Waals surface area contributed by atoms with E-state index in [9.17, 15) is 9.59 Å². The van der Waals surface area contributed by atoms with Crippen LogP contribution in [0.4, 0.5) is 5.13 Å². The van der Waals surface area contributed by atoms with Crippen molar-refractivity contribution in [2.45, 2.75) is 13.3 Å². The summed E-state index contributed by atoms with van der Waals surface area (Å²) in [6, 6.07) is 14.9. The fraction of sp³-hybridized carbons (Fsp3) is 0.174. The van der Waals surface area contributed by atoms with Gasteiger partial charge < -0.3 is 9.47 Å². The Kier molecular flexibility index (Phi) is 6.98. The van der Waals surface area contributed by atoms with Crippen molar-refractivity contribution in [2.75, 3.05) is 19.0 Å². The van der Waals surface area contributed by atoms with E-state index in [2.05, 4.69) is 16.9 Å². The lowest BCUT2D eigenvalue weighted by atomic mass is 10.1. The highest BCUT2D eigenvalue weighted by atomic mass is 32.1. The minimum Gasteiger partial charge on any atom is -0.493 e. The maximum absolute atomic E-state index is 12.4. The maximum atomic E-state index is 12.4. The number of Topliss-reactive ketones (excluding diaryl/α,β-unsaturated/α-hetero) is 1. The van der Waals surface area contributed by atoms with Crippen molar-refractivity contribution < 1.29 is 19.1 Å². The van der Waals surface area contributed by atoms with E-state index >= 15 is 0 Å². The highest BCUT2D eigenvalue weighted by Crippen LogP contribution is 2.32. The average molecular weight is 423 g/mol. The fourth-order valence-electron chi connectivity index (χ4n) is 2.83. The van der Waals surface area contributed by atoms with Gasteiger partial charge in [0.2, 0.25) is 0 Å². The predicted octanol–water partition coefficient (Wildman–Crippen LogP) is 4.77. The van der Waals surface area contributed by atoms with Gasteiger partial charge in [-0.25, -0.2) is 4.98 Å². The standard InChI is InChI=1S/C23H22N2O4S/c1-4-8-16-11-12-18(19(13-16)28-3)29-14-20(27)24-23-25-21(22(30-23)15(2)26)17-9-6-5-7-10-17/h4-7,9-13H,1,8,14H2,2-3H3,(H,24,25,27). The van der Waals surface area contributed by atoms with E-state index in [1.807, 2.05) is 42.5 Å². The molecule has 0 spiro atoms. The molecule has 3 aromatic rings. The lowest BCUT2D eigenvalue weighted by Crippen LogP contribution is -2.20. The molecule has 2 aromatic carbocycles. The van der Waals surface area contributed by atoms with Crippen LogP contribution in [-0.4, -0.2) is 30.4 Å². The molecular formula is C23H22N2O4S. The van der Waals surface area contributed by atoms with Gasteiger partial charge in [0.15, 0.2) is 29.0 Å². The molecule has 0 bridgehead atoms. The van der Waals surface area contributed by atoms with Crippen molar-refractivity contribution in [1.82, 2.24) is 4.98 Å². The van der Waals surface area contributed by atoms with Crippen LogP contribution in [0.3, 0.4) is 0 Å². The van der Waals surface area contributed by atoms with E-state index < -0.39 is 0 Å². The van der Waals surface area contributed by atoms with E-state index in [0.717, 1.165) is 22.5 Å². The van der Waals surface area contributed by atoms with Gasteiger partial charge in [-0.1, -0.05) is 53.8 Å². The number of aromatic nitrogens is 1. The Morgan fingerprint density at radius 1 is 1.17 bits per heavy atom. The van der Waals surface area contributed by atoms with E-state index in [0.29, 0.717) is 33.6 Å². The number of hydrogen-bond donors (Lipinski definition) is 1. The van der Waals surface area contributed by atoms with E-state index in [1.165, 1.54) is 6.92 Å². The van der Waals surface area contributed by atoms with Gasteiger partial charge >= 0.3 is 0 Å². The molecule has 3 rings (SSSR count). The second-order valence-corrected chi connectivity index (χ2v) is 7.43. The molecule has 0 saturated carbocycles.